The van der Waals surface area contributed by atoms with Gasteiger partial charge in [0.05, 0.1) is 24.5 Å². The van der Waals surface area contributed by atoms with Gasteiger partial charge in [-0.05, 0) is 26.0 Å². The average molecular weight is 318 g/mol. The molecule has 1 aromatic carbocycles. The first kappa shape index (κ1) is 13.8. The Labute approximate surface area is 115 Å². The van der Waals surface area contributed by atoms with Gasteiger partial charge in [-0.2, -0.15) is 0 Å². The van der Waals surface area contributed by atoms with Gasteiger partial charge in [-0.3, -0.25) is 0 Å². The van der Waals surface area contributed by atoms with Gasteiger partial charge in [0.25, 0.3) is 0 Å². The molecule has 0 amide bonds. The van der Waals surface area contributed by atoms with E-state index in [2.05, 4.69) is 15.9 Å². The molecule has 18 heavy (non-hydrogen) atoms. The molecule has 1 saturated heterocycles. The van der Waals surface area contributed by atoms with Crippen LogP contribution in [0.5, 0.6) is 0 Å². The number of nitrogens with zero attached hydrogens (tertiary/aromatic N) is 1. The van der Waals surface area contributed by atoms with Gasteiger partial charge in [0.2, 0.25) is 0 Å². The first-order chi connectivity index (χ1) is 8.51. The molecule has 3 nitrogen and oxygen atoms in total. The van der Waals surface area contributed by atoms with Crippen molar-refractivity contribution in [1.29, 1.82) is 0 Å². The Kier molecular flexibility index (Phi) is 4.25. The number of ether oxygens (including phenoxy) is 1. The molecule has 0 spiro atoms. The first-order valence-electron chi connectivity index (χ1n) is 6.00. The number of anilines is 1. The highest BCUT2D eigenvalue weighted by atomic mass is 79.9. The van der Waals surface area contributed by atoms with Crippen LogP contribution in [0.3, 0.4) is 0 Å². The molecule has 2 rings (SSSR count). The van der Waals surface area contributed by atoms with Crippen LogP contribution in [-0.4, -0.2) is 30.4 Å². The van der Waals surface area contributed by atoms with E-state index in [-0.39, 0.29) is 24.6 Å². The fraction of sp³-hybridized carbons (Fsp3) is 0.538. The van der Waals surface area contributed by atoms with Crippen molar-refractivity contribution in [2.75, 3.05) is 18.0 Å². The van der Waals surface area contributed by atoms with Crippen LogP contribution in [-0.2, 0) is 11.3 Å². The second-order valence-electron chi connectivity index (χ2n) is 4.72. The fourth-order valence-corrected chi connectivity index (χ4v) is 2.93. The molecular weight excluding hydrogens is 301 g/mol. The van der Waals surface area contributed by atoms with E-state index >= 15 is 0 Å². The van der Waals surface area contributed by atoms with E-state index in [4.69, 9.17) is 4.74 Å². The molecule has 1 aliphatic heterocycles. The molecule has 1 fully saturated rings. The Hall–Kier alpha value is -0.650. The van der Waals surface area contributed by atoms with E-state index < -0.39 is 0 Å². The number of hydrogen-bond acceptors (Lipinski definition) is 3. The van der Waals surface area contributed by atoms with Gasteiger partial charge in [0.1, 0.15) is 5.82 Å². The fourth-order valence-electron chi connectivity index (χ4n) is 2.45. The van der Waals surface area contributed by atoms with E-state index in [0.717, 1.165) is 0 Å². The standard InChI is InChI=1S/C13H17BrFNO2/c1-8-5-16(6-9(2)18-8)13-10(7-17)3-11(14)4-12(13)15/h3-4,8-9,17H,5-7H2,1-2H3. The quantitative estimate of drug-likeness (QED) is 0.910. The first-order valence-corrected chi connectivity index (χ1v) is 6.79. The van der Waals surface area contributed by atoms with Crippen molar-refractivity contribution in [3.63, 3.8) is 0 Å². The summed E-state index contributed by atoms with van der Waals surface area (Å²) in [6, 6.07) is 3.18. The zero-order valence-electron chi connectivity index (χ0n) is 10.5. The predicted molar refractivity (Wildman–Crippen MR) is 72.2 cm³/mol. The zero-order chi connectivity index (χ0) is 13.3. The van der Waals surface area contributed by atoms with Gasteiger partial charge in [0, 0.05) is 23.1 Å². The van der Waals surface area contributed by atoms with Crippen molar-refractivity contribution in [1.82, 2.24) is 0 Å². The molecule has 1 aromatic rings. The lowest BCUT2D eigenvalue weighted by molar-refractivity contribution is -0.00550. The molecule has 1 heterocycles. The van der Waals surface area contributed by atoms with E-state index in [9.17, 15) is 9.50 Å². The third-order valence-corrected chi connectivity index (χ3v) is 3.47. The van der Waals surface area contributed by atoms with Crippen LogP contribution in [0.1, 0.15) is 19.4 Å². The van der Waals surface area contributed by atoms with Crippen molar-refractivity contribution in [2.45, 2.75) is 32.7 Å². The Balaban J connectivity index is 2.37. The van der Waals surface area contributed by atoms with E-state index in [0.29, 0.717) is 28.8 Å². The van der Waals surface area contributed by atoms with Gasteiger partial charge in [0.15, 0.2) is 0 Å². The lowest BCUT2D eigenvalue weighted by Crippen LogP contribution is -2.46. The maximum Gasteiger partial charge on any atom is 0.147 e. The number of rotatable bonds is 2. The predicted octanol–water partition coefficient (Wildman–Crippen LogP) is 2.69. The molecule has 100 valence electrons. The smallest absolute Gasteiger partial charge is 0.147 e. The summed E-state index contributed by atoms with van der Waals surface area (Å²) < 4.78 is 20.4. The zero-order valence-corrected chi connectivity index (χ0v) is 12.1. The van der Waals surface area contributed by atoms with Crippen molar-refractivity contribution in [2.24, 2.45) is 0 Å². The minimum Gasteiger partial charge on any atom is -0.392 e. The molecule has 0 saturated carbocycles. The van der Waals surface area contributed by atoms with Gasteiger partial charge in [-0.1, -0.05) is 15.9 Å². The number of aliphatic hydroxyl groups excluding tert-OH is 1. The van der Waals surface area contributed by atoms with Crippen LogP contribution in [0.4, 0.5) is 10.1 Å². The molecule has 2 unspecified atom stereocenters. The van der Waals surface area contributed by atoms with Gasteiger partial charge >= 0.3 is 0 Å². The second-order valence-corrected chi connectivity index (χ2v) is 5.63. The van der Waals surface area contributed by atoms with Crippen LogP contribution in [0.25, 0.3) is 0 Å². The molecule has 0 aliphatic carbocycles. The third kappa shape index (κ3) is 2.84. The highest BCUT2D eigenvalue weighted by Gasteiger charge is 2.26. The number of morpholine rings is 1. The monoisotopic (exact) mass is 317 g/mol. The highest BCUT2D eigenvalue weighted by molar-refractivity contribution is 9.10. The van der Waals surface area contributed by atoms with Crippen molar-refractivity contribution in [3.8, 4) is 0 Å². The Morgan fingerprint density at radius 1 is 1.39 bits per heavy atom. The van der Waals surface area contributed by atoms with Gasteiger partial charge in [-0.25, -0.2) is 4.39 Å². The van der Waals surface area contributed by atoms with Crippen molar-refractivity contribution in [3.05, 3.63) is 28.0 Å². The van der Waals surface area contributed by atoms with Crippen LogP contribution >= 0.6 is 15.9 Å². The molecule has 0 bridgehead atoms. The van der Waals surface area contributed by atoms with Crippen LogP contribution < -0.4 is 4.90 Å². The molecule has 0 aromatic heterocycles. The summed E-state index contributed by atoms with van der Waals surface area (Å²) in [5.41, 5.74) is 1.09. The number of halogens is 2. The molecule has 1 aliphatic rings. The number of hydrogen-bond donors (Lipinski definition) is 1. The molecular formula is C13H17BrFNO2. The topological polar surface area (TPSA) is 32.7 Å². The summed E-state index contributed by atoms with van der Waals surface area (Å²) in [5, 5.41) is 9.38. The van der Waals surface area contributed by atoms with Crippen LogP contribution in [0.2, 0.25) is 0 Å². The Morgan fingerprint density at radius 3 is 2.56 bits per heavy atom. The lowest BCUT2D eigenvalue weighted by Gasteiger charge is -2.37. The highest BCUT2D eigenvalue weighted by Crippen LogP contribution is 2.30. The minimum absolute atomic E-state index is 0.0586. The normalized spacial score (nSPS) is 24.4. The molecule has 2 atom stereocenters. The SMILES string of the molecule is CC1CN(c2c(F)cc(Br)cc2CO)CC(C)O1. The Morgan fingerprint density at radius 2 is 2.00 bits per heavy atom. The average Bonchev–Trinajstić information content (AvgIpc) is 2.26. The largest absolute Gasteiger partial charge is 0.392 e. The molecule has 5 heteroatoms. The summed E-state index contributed by atoms with van der Waals surface area (Å²) in [5.74, 6) is -0.310. The van der Waals surface area contributed by atoms with Crippen LogP contribution in [0.15, 0.2) is 16.6 Å². The summed E-state index contributed by atoms with van der Waals surface area (Å²) in [6.07, 6.45) is 0.117. The summed E-state index contributed by atoms with van der Waals surface area (Å²) in [4.78, 5) is 1.95. The Bertz CT molecular complexity index is 431. The van der Waals surface area contributed by atoms with E-state index in [1.165, 1.54) is 6.07 Å². The molecule has 1 N–H and O–H groups in total. The third-order valence-electron chi connectivity index (χ3n) is 3.01. The second kappa shape index (κ2) is 5.55. The van der Waals surface area contributed by atoms with Crippen LogP contribution in [0, 0.1) is 5.82 Å². The van der Waals surface area contributed by atoms with E-state index in [1.807, 2.05) is 18.7 Å². The minimum atomic E-state index is -0.310. The van der Waals surface area contributed by atoms with Gasteiger partial charge in [-0.15, -0.1) is 0 Å². The molecule has 0 radical (unpaired) electrons. The van der Waals surface area contributed by atoms with E-state index in [1.54, 1.807) is 6.07 Å². The van der Waals surface area contributed by atoms with Crippen molar-refractivity contribution >= 4 is 21.6 Å². The maximum atomic E-state index is 14.1. The summed E-state index contributed by atoms with van der Waals surface area (Å²) in [6.45, 7) is 5.04. The maximum absolute atomic E-state index is 14.1. The number of aliphatic hydroxyl groups is 1. The lowest BCUT2D eigenvalue weighted by atomic mass is 10.1. The number of benzene rings is 1. The van der Waals surface area contributed by atoms with Crippen molar-refractivity contribution < 1.29 is 14.2 Å². The van der Waals surface area contributed by atoms with Gasteiger partial charge < -0.3 is 14.7 Å². The summed E-state index contributed by atoms with van der Waals surface area (Å²) in [7, 11) is 0. The summed E-state index contributed by atoms with van der Waals surface area (Å²) >= 11 is 3.24.